The van der Waals surface area contributed by atoms with Gasteiger partial charge < -0.3 is 10.7 Å². The summed E-state index contributed by atoms with van der Waals surface area (Å²) in [5.74, 6) is 3.79. The zero-order valence-corrected chi connectivity index (χ0v) is 8.74. The first-order valence-corrected chi connectivity index (χ1v) is 4.84. The maximum atomic E-state index is 13.4. The number of aromatic nitrogens is 1. The van der Waals surface area contributed by atoms with E-state index in [0.717, 1.165) is 6.07 Å². The minimum absolute atomic E-state index is 0.0548. The summed E-state index contributed by atoms with van der Waals surface area (Å²) in [6.07, 6.45) is 1.49. The van der Waals surface area contributed by atoms with E-state index >= 15 is 0 Å². The van der Waals surface area contributed by atoms with Crippen molar-refractivity contribution in [3.63, 3.8) is 0 Å². The summed E-state index contributed by atoms with van der Waals surface area (Å²) in [6, 6.07) is 7.11. The van der Waals surface area contributed by atoms with Crippen LogP contribution in [0.3, 0.4) is 0 Å². The zero-order chi connectivity index (χ0) is 12.3. The third kappa shape index (κ3) is 2.48. The van der Waals surface area contributed by atoms with Gasteiger partial charge in [0.2, 0.25) is 0 Å². The largest absolute Gasteiger partial charge is 0.353 e. The number of anilines is 3. The van der Waals surface area contributed by atoms with Gasteiger partial charge in [0.05, 0.1) is 5.69 Å². The van der Waals surface area contributed by atoms with Gasteiger partial charge in [-0.15, -0.1) is 0 Å². The van der Waals surface area contributed by atoms with Crippen molar-refractivity contribution in [1.29, 1.82) is 0 Å². The van der Waals surface area contributed by atoms with E-state index in [1.54, 1.807) is 12.1 Å². The highest BCUT2D eigenvalue weighted by atomic mass is 19.2. The molecule has 0 spiro atoms. The van der Waals surface area contributed by atoms with Crippen molar-refractivity contribution in [2.24, 2.45) is 5.84 Å². The maximum Gasteiger partial charge on any atom is 0.182 e. The molecule has 0 aliphatic rings. The van der Waals surface area contributed by atoms with Gasteiger partial charge >= 0.3 is 0 Å². The van der Waals surface area contributed by atoms with E-state index < -0.39 is 11.6 Å². The van der Waals surface area contributed by atoms with Gasteiger partial charge in [-0.05, 0) is 18.2 Å². The molecule has 2 aromatic rings. The van der Waals surface area contributed by atoms with Crippen molar-refractivity contribution in [2.45, 2.75) is 0 Å². The first-order chi connectivity index (χ1) is 8.20. The van der Waals surface area contributed by atoms with Gasteiger partial charge in [-0.25, -0.2) is 19.6 Å². The third-order valence-electron chi connectivity index (χ3n) is 2.14. The summed E-state index contributed by atoms with van der Waals surface area (Å²) < 4.78 is 26.3. The molecular weight excluding hydrogens is 226 g/mol. The summed E-state index contributed by atoms with van der Waals surface area (Å²) in [4.78, 5) is 3.90. The highest BCUT2D eigenvalue weighted by molar-refractivity contribution is 5.62. The first-order valence-electron chi connectivity index (χ1n) is 4.84. The molecule has 0 fully saturated rings. The molecule has 0 atom stereocenters. The molecule has 0 saturated heterocycles. The van der Waals surface area contributed by atoms with Crippen LogP contribution < -0.4 is 16.6 Å². The molecule has 1 aromatic carbocycles. The van der Waals surface area contributed by atoms with Gasteiger partial charge in [0.1, 0.15) is 5.82 Å². The fourth-order valence-corrected chi connectivity index (χ4v) is 1.34. The maximum absolute atomic E-state index is 13.4. The molecule has 0 aliphatic heterocycles. The van der Waals surface area contributed by atoms with Crippen molar-refractivity contribution in [3.05, 3.63) is 48.2 Å². The molecule has 0 amide bonds. The van der Waals surface area contributed by atoms with Crippen molar-refractivity contribution in [1.82, 2.24) is 4.98 Å². The fourth-order valence-electron chi connectivity index (χ4n) is 1.34. The Morgan fingerprint density at radius 1 is 1.18 bits per heavy atom. The summed E-state index contributed by atoms with van der Waals surface area (Å²) in [5, 5.41) is 2.74. The summed E-state index contributed by atoms with van der Waals surface area (Å²) >= 11 is 0. The van der Waals surface area contributed by atoms with Crippen LogP contribution in [0.25, 0.3) is 0 Å². The van der Waals surface area contributed by atoms with Crippen LogP contribution in [-0.2, 0) is 0 Å². The molecule has 0 saturated carbocycles. The van der Waals surface area contributed by atoms with E-state index in [0.29, 0.717) is 11.5 Å². The Hall–Kier alpha value is -2.21. The van der Waals surface area contributed by atoms with Crippen molar-refractivity contribution < 1.29 is 8.78 Å². The topological polar surface area (TPSA) is 63.0 Å². The van der Waals surface area contributed by atoms with E-state index in [1.165, 1.54) is 18.3 Å². The van der Waals surface area contributed by atoms with Crippen LogP contribution in [0.4, 0.5) is 26.0 Å². The lowest BCUT2D eigenvalue weighted by Crippen LogP contribution is -2.08. The number of benzene rings is 1. The SMILES string of the molecule is NNc1cc(Nc2cccc(F)c2F)ccn1. The average molecular weight is 236 g/mol. The average Bonchev–Trinajstić information content (AvgIpc) is 2.35. The van der Waals surface area contributed by atoms with E-state index in [1.807, 2.05) is 0 Å². The molecule has 88 valence electrons. The molecule has 0 bridgehead atoms. The summed E-state index contributed by atoms with van der Waals surface area (Å²) in [5.41, 5.74) is 2.97. The Labute approximate surface area is 96.4 Å². The first kappa shape index (κ1) is 11.3. The van der Waals surface area contributed by atoms with E-state index in [-0.39, 0.29) is 5.69 Å². The smallest absolute Gasteiger partial charge is 0.182 e. The Balaban J connectivity index is 2.28. The van der Waals surface area contributed by atoms with Gasteiger partial charge in [0, 0.05) is 18.0 Å². The monoisotopic (exact) mass is 236 g/mol. The number of nitrogens with one attached hydrogen (secondary N) is 2. The standard InChI is InChI=1S/C11H10F2N4/c12-8-2-1-3-9(11(8)13)16-7-4-5-15-10(6-7)17-14/h1-6H,14H2,(H2,15,16,17). The molecule has 17 heavy (non-hydrogen) atoms. The van der Waals surface area contributed by atoms with Gasteiger partial charge in [-0.3, -0.25) is 0 Å². The molecule has 1 aromatic heterocycles. The van der Waals surface area contributed by atoms with Crippen molar-refractivity contribution >= 4 is 17.2 Å². The van der Waals surface area contributed by atoms with Gasteiger partial charge in [0.15, 0.2) is 11.6 Å². The lowest BCUT2D eigenvalue weighted by Gasteiger charge is -2.08. The molecule has 0 unspecified atom stereocenters. The van der Waals surface area contributed by atoms with Gasteiger partial charge in [-0.2, -0.15) is 0 Å². The van der Waals surface area contributed by atoms with Crippen LogP contribution in [-0.4, -0.2) is 4.98 Å². The Morgan fingerprint density at radius 2 is 2.00 bits per heavy atom. The number of rotatable bonds is 3. The predicted octanol–water partition coefficient (Wildman–Crippen LogP) is 2.39. The fraction of sp³-hybridized carbons (Fsp3) is 0. The Bertz CT molecular complexity index is 531. The van der Waals surface area contributed by atoms with Crippen LogP contribution in [0, 0.1) is 11.6 Å². The number of hydrogen-bond acceptors (Lipinski definition) is 4. The number of pyridine rings is 1. The number of hydrazine groups is 1. The number of nitrogens with two attached hydrogens (primary N) is 1. The van der Waals surface area contributed by atoms with E-state index in [4.69, 9.17) is 5.84 Å². The molecule has 0 aliphatic carbocycles. The Kier molecular flexibility index (Phi) is 3.15. The lowest BCUT2D eigenvalue weighted by molar-refractivity contribution is 0.512. The van der Waals surface area contributed by atoms with E-state index in [2.05, 4.69) is 15.7 Å². The molecule has 0 radical (unpaired) electrons. The molecule has 4 N–H and O–H groups in total. The predicted molar refractivity (Wildman–Crippen MR) is 61.7 cm³/mol. The van der Waals surface area contributed by atoms with E-state index in [9.17, 15) is 8.78 Å². The minimum Gasteiger partial charge on any atom is -0.353 e. The lowest BCUT2D eigenvalue weighted by atomic mass is 10.2. The van der Waals surface area contributed by atoms with Gasteiger partial charge in [-0.1, -0.05) is 6.07 Å². The van der Waals surface area contributed by atoms with Crippen LogP contribution in [0.2, 0.25) is 0 Å². The zero-order valence-electron chi connectivity index (χ0n) is 8.74. The van der Waals surface area contributed by atoms with Crippen LogP contribution in [0.5, 0.6) is 0 Å². The summed E-state index contributed by atoms with van der Waals surface area (Å²) in [6.45, 7) is 0. The number of halogens is 2. The quantitative estimate of drug-likeness (QED) is 0.565. The van der Waals surface area contributed by atoms with Gasteiger partial charge in [0.25, 0.3) is 0 Å². The van der Waals surface area contributed by atoms with Crippen LogP contribution in [0.15, 0.2) is 36.5 Å². The number of hydrogen-bond donors (Lipinski definition) is 3. The highest BCUT2D eigenvalue weighted by Crippen LogP contribution is 2.22. The summed E-state index contributed by atoms with van der Waals surface area (Å²) in [7, 11) is 0. The van der Waals surface area contributed by atoms with Crippen LogP contribution >= 0.6 is 0 Å². The second kappa shape index (κ2) is 4.75. The third-order valence-corrected chi connectivity index (χ3v) is 2.14. The number of nitrogens with zero attached hydrogens (tertiary/aromatic N) is 1. The molecule has 6 heteroatoms. The highest BCUT2D eigenvalue weighted by Gasteiger charge is 2.07. The second-order valence-electron chi connectivity index (χ2n) is 3.30. The number of nitrogen functional groups attached to an aromatic ring is 1. The van der Waals surface area contributed by atoms with Crippen LogP contribution in [0.1, 0.15) is 0 Å². The van der Waals surface area contributed by atoms with Crippen molar-refractivity contribution in [2.75, 3.05) is 10.7 Å². The van der Waals surface area contributed by atoms with Crippen molar-refractivity contribution in [3.8, 4) is 0 Å². The molecule has 1 heterocycles. The Morgan fingerprint density at radius 3 is 2.76 bits per heavy atom. The second-order valence-corrected chi connectivity index (χ2v) is 3.30. The molecule has 2 rings (SSSR count). The molecular formula is C11H10F2N4. The normalized spacial score (nSPS) is 10.1. The minimum atomic E-state index is -0.924. The molecule has 4 nitrogen and oxygen atoms in total.